The van der Waals surface area contributed by atoms with Gasteiger partial charge in [-0.1, -0.05) is 130 Å². The number of hydrogen-bond acceptors (Lipinski definition) is 3. The highest BCUT2D eigenvalue weighted by atomic mass is 16.4. The second-order valence-electron chi connectivity index (χ2n) is 13.3. The van der Waals surface area contributed by atoms with Crippen molar-refractivity contribution in [2.75, 3.05) is 26.2 Å². The summed E-state index contributed by atoms with van der Waals surface area (Å²) in [4.78, 5) is 34.5. The minimum absolute atomic E-state index is 0.475. The van der Waals surface area contributed by atoms with E-state index >= 15 is 0 Å². The van der Waals surface area contributed by atoms with E-state index in [0.29, 0.717) is 43.4 Å². The van der Waals surface area contributed by atoms with Gasteiger partial charge in [-0.15, -0.1) is 0 Å². The number of rotatable bonds is 31. The van der Waals surface area contributed by atoms with Crippen LogP contribution in [0.2, 0.25) is 0 Å². The molecule has 3 atom stereocenters. The summed E-state index contributed by atoms with van der Waals surface area (Å²) in [7, 11) is 0. The molecule has 0 amide bonds. The number of hydrogen-bond donors (Lipinski definition) is 3. The average Bonchev–Trinajstić information content (AvgIpc) is 2.96. The summed E-state index contributed by atoms with van der Waals surface area (Å²) in [6.07, 6.45) is 25.3. The molecule has 0 saturated heterocycles. The number of carboxylic acids is 3. The van der Waals surface area contributed by atoms with Gasteiger partial charge in [0.05, 0.1) is 43.9 Å². The van der Waals surface area contributed by atoms with Gasteiger partial charge in [0.25, 0.3) is 0 Å². The van der Waals surface area contributed by atoms with Crippen LogP contribution in [0.1, 0.15) is 163 Å². The molecule has 0 radical (unpaired) electrons. The first-order chi connectivity index (χ1) is 20.0. The van der Waals surface area contributed by atoms with E-state index in [0.717, 1.165) is 19.4 Å². The smallest absolute Gasteiger partial charge is 0.306 e. The second-order valence-corrected chi connectivity index (χ2v) is 13.3. The third kappa shape index (κ3) is 22.0. The highest BCUT2D eigenvalue weighted by Crippen LogP contribution is 2.22. The lowest BCUT2D eigenvalue weighted by Gasteiger charge is -2.40. The van der Waals surface area contributed by atoms with E-state index in [-0.39, 0.29) is 0 Å². The molecule has 0 heterocycles. The fraction of sp³-hybridized carbons (Fsp3) is 0.914. The summed E-state index contributed by atoms with van der Waals surface area (Å²) in [5.74, 6) is -3.89. The summed E-state index contributed by atoms with van der Waals surface area (Å²) in [6.45, 7) is 10.2. The Kier molecular flexibility index (Phi) is 24.8. The van der Waals surface area contributed by atoms with Crippen LogP contribution in [0.4, 0.5) is 0 Å². The van der Waals surface area contributed by atoms with E-state index in [1.807, 2.05) is 0 Å². The molecule has 0 fully saturated rings. The van der Waals surface area contributed by atoms with Crippen molar-refractivity contribution in [3.05, 3.63) is 0 Å². The normalized spacial score (nSPS) is 15.1. The van der Waals surface area contributed by atoms with Crippen molar-refractivity contribution in [1.82, 2.24) is 0 Å². The van der Waals surface area contributed by atoms with Crippen molar-refractivity contribution >= 4 is 17.9 Å². The first-order valence-corrected chi connectivity index (χ1v) is 17.6. The zero-order chi connectivity index (χ0) is 31.6. The number of quaternary nitrogens is 1. The molecule has 7 heteroatoms. The SMILES string of the molecule is CCCCCCCCCCCCCCCCCCCC[N+](CCC(C)C(=O)O)(CCC(C)C(=O)O)CCC(C)C(=O)O. The van der Waals surface area contributed by atoms with Crippen LogP contribution in [0.25, 0.3) is 0 Å². The van der Waals surface area contributed by atoms with E-state index in [1.165, 1.54) is 103 Å². The first kappa shape index (κ1) is 40.4. The number of nitrogens with zero attached hydrogens (tertiary/aromatic N) is 1. The minimum atomic E-state index is -0.820. The predicted octanol–water partition coefficient (Wildman–Crippen LogP) is 9.18. The maximum atomic E-state index is 11.5. The van der Waals surface area contributed by atoms with Crippen LogP contribution in [-0.4, -0.2) is 63.9 Å². The van der Waals surface area contributed by atoms with E-state index in [4.69, 9.17) is 0 Å². The lowest BCUT2D eigenvalue weighted by atomic mass is 10.0. The zero-order valence-corrected chi connectivity index (χ0v) is 27.9. The molecule has 0 spiro atoms. The fourth-order valence-corrected chi connectivity index (χ4v) is 5.79. The van der Waals surface area contributed by atoms with Gasteiger partial charge in [-0.3, -0.25) is 14.4 Å². The maximum absolute atomic E-state index is 11.5. The number of carbonyl (C=O) groups is 3. The second kappa shape index (κ2) is 25.8. The van der Waals surface area contributed by atoms with Crippen LogP contribution in [0, 0.1) is 17.8 Å². The number of aliphatic carboxylic acids is 3. The molecule has 0 bridgehead atoms. The Morgan fingerprint density at radius 3 is 0.905 bits per heavy atom. The summed E-state index contributed by atoms with van der Waals surface area (Å²) >= 11 is 0. The van der Waals surface area contributed by atoms with E-state index < -0.39 is 35.7 Å². The monoisotopic (exact) mass is 599 g/mol. The Bertz CT molecular complexity index is 637. The zero-order valence-electron chi connectivity index (χ0n) is 27.9. The molecule has 0 aromatic carbocycles. The Morgan fingerprint density at radius 1 is 0.429 bits per heavy atom. The Labute approximate surface area is 258 Å². The minimum Gasteiger partial charge on any atom is -0.481 e. The molecule has 3 N–H and O–H groups in total. The summed E-state index contributed by atoms with van der Waals surface area (Å²) in [5.41, 5.74) is 0. The third-order valence-corrected chi connectivity index (χ3v) is 9.36. The Hall–Kier alpha value is -1.63. The van der Waals surface area contributed by atoms with E-state index in [2.05, 4.69) is 6.92 Å². The molecular formula is C35H68NO6+. The largest absolute Gasteiger partial charge is 0.481 e. The molecule has 0 aliphatic carbocycles. The number of unbranched alkanes of at least 4 members (excludes halogenated alkanes) is 17. The molecule has 0 aliphatic rings. The first-order valence-electron chi connectivity index (χ1n) is 17.6. The van der Waals surface area contributed by atoms with Crippen molar-refractivity contribution < 1.29 is 34.2 Å². The molecular weight excluding hydrogens is 530 g/mol. The third-order valence-electron chi connectivity index (χ3n) is 9.36. The molecule has 248 valence electrons. The maximum Gasteiger partial charge on any atom is 0.306 e. The lowest BCUT2D eigenvalue weighted by molar-refractivity contribution is -0.929. The summed E-state index contributed by atoms with van der Waals surface area (Å²) in [5, 5.41) is 28.3. The van der Waals surface area contributed by atoms with Gasteiger partial charge in [0.1, 0.15) is 0 Å². The molecule has 0 aromatic rings. The van der Waals surface area contributed by atoms with Gasteiger partial charge in [0.15, 0.2) is 0 Å². The topological polar surface area (TPSA) is 112 Å². The number of carboxylic acid groups (broad SMARTS) is 3. The van der Waals surface area contributed by atoms with Crippen LogP contribution in [-0.2, 0) is 14.4 Å². The van der Waals surface area contributed by atoms with Crippen molar-refractivity contribution in [1.29, 1.82) is 0 Å². The van der Waals surface area contributed by atoms with Crippen LogP contribution in [0.3, 0.4) is 0 Å². The van der Waals surface area contributed by atoms with Crippen LogP contribution < -0.4 is 0 Å². The van der Waals surface area contributed by atoms with Crippen molar-refractivity contribution in [3.63, 3.8) is 0 Å². The van der Waals surface area contributed by atoms with Crippen LogP contribution >= 0.6 is 0 Å². The highest BCUT2D eigenvalue weighted by molar-refractivity contribution is 5.70. The molecule has 0 aromatic heterocycles. The Morgan fingerprint density at radius 2 is 0.667 bits per heavy atom. The molecule has 0 saturated carbocycles. The standard InChI is InChI=1S/C35H67NO6/c1-5-6-7-8-9-10-11-12-13-14-15-16-17-18-19-20-21-22-26-36(27-23-30(2)33(37)38,28-24-31(3)34(39)40)29-25-32(4)35(41)42/h30-32H,5-29H2,1-4H3,(H2-,37,38,39,40,41,42)/p+1. The molecule has 3 unspecified atom stereocenters. The van der Waals surface area contributed by atoms with Crippen LogP contribution in [0.5, 0.6) is 0 Å². The van der Waals surface area contributed by atoms with E-state index in [1.54, 1.807) is 20.8 Å². The van der Waals surface area contributed by atoms with Crippen molar-refractivity contribution in [2.24, 2.45) is 17.8 Å². The van der Waals surface area contributed by atoms with E-state index in [9.17, 15) is 29.7 Å². The van der Waals surface area contributed by atoms with Gasteiger partial charge in [-0.2, -0.15) is 0 Å². The quantitative estimate of drug-likeness (QED) is 0.0542. The summed E-state index contributed by atoms with van der Waals surface area (Å²) in [6, 6.07) is 0. The van der Waals surface area contributed by atoms with Gasteiger partial charge in [-0.05, 0) is 12.8 Å². The Balaban J connectivity index is 4.46. The average molecular weight is 599 g/mol. The summed E-state index contributed by atoms with van der Waals surface area (Å²) < 4.78 is 0.617. The van der Waals surface area contributed by atoms with Gasteiger partial charge < -0.3 is 19.8 Å². The van der Waals surface area contributed by atoms with Gasteiger partial charge in [0.2, 0.25) is 0 Å². The molecule has 0 aliphatic heterocycles. The molecule has 42 heavy (non-hydrogen) atoms. The molecule has 7 nitrogen and oxygen atoms in total. The fourth-order valence-electron chi connectivity index (χ4n) is 5.79. The highest BCUT2D eigenvalue weighted by Gasteiger charge is 2.31. The van der Waals surface area contributed by atoms with Crippen molar-refractivity contribution in [2.45, 2.75) is 163 Å². The van der Waals surface area contributed by atoms with Crippen molar-refractivity contribution in [3.8, 4) is 0 Å². The van der Waals surface area contributed by atoms with Crippen LogP contribution in [0.15, 0.2) is 0 Å². The van der Waals surface area contributed by atoms with Gasteiger partial charge >= 0.3 is 17.9 Å². The predicted molar refractivity (Wildman–Crippen MR) is 173 cm³/mol. The lowest BCUT2D eigenvalue weighted by Crippen LogP contribution is -2.52. The van der Waals surface area contributed by atoms with Gasteiger partial charge in [0, 0.05) is 19.3 Å². The molecule has 0 rings (SSSR count). The van der Waals surface area contributed by atoms with Gasteiger partial charge in [-0.25, -0.2) is 0 Å².